The Kier molecular flexibility index (Phi) is 6.69. The van der Waals surface area contributed by atoms with Crippen LogP contribution in [0.5, 0.6) is 5.75 Å². The summed E-state index contributed by atoms with van der Waals surface area (Å²) in [7, 11) is 1.44. The maximum absolute atomic E-state index is 13.1. The molecule has 32 heavy (non-hydrogen) atoms. The van der Waals surface area contributed by atoms with Crippen LogP contribution in [0, 0.1) is 11.3 Å². The summed E-state index contributed by atoms with van der Waals surface area (Å²) >= 11 is 5.93. The molecular weight excluding hydrogens is 438 g/mol. The SMILES string of the molecule is COc1ccc(Cl)cc1NC(=O)COC(=O)CN1C(=O)NC2(CC(C)CC(C)(C)C2)C1=O. The fraction of sp³-hybridized carbons (Fsp3) is 0.545. The minimum absolute atomic E-state index is 0.114. The molecule has 4 amide bonds. The third-order valence-corrected chi connectivity index (χ3v) is 5.95. The summed E-state index contributed by atoms with van der Waals surface area (Å²) in [4.78, 5) is 50.8. The zero-order valence-electron chi connectivity index (χ0n) is 18.6. The summed E-state index contributed by atoms with van der Waals surface area (Å²) in [6.07, 6.45) is 1.98. The Morgan fingerprint density at radius 2 is 2.00 bits per heavy atom. The van der Waals surface area contributed by atoms with Gasteiger partial charge in [0.2, 0.25) is 0 Å². The molecule has 0 aromatic heterocycles. The molecule has 1 aromatic rings. The molecule has 1 spiro atoms. The van der Waals surface area contributed by atoms with Crippen LogP contribution >= 0.6 is 11.6 Å². The molecular formula is C22H28ClN3O6. The summed E-state index contributed by atoms with van der Waals surface area (Å²) in [6.45, 7) is 5.03. The number of ether oxygens (including phenoxy) is 2. The van der Waals surface area contributed by atoms with E-state index in [0.29, 0.717) is 29.3 Å². The lowest BCUT2D eigenvalue weighted by Gasteiger charge is -2.43. The predicted octanol–water partition coefficient (Wildman–Crippen LogP) is 2.97. The van der Waals surface area contributed by atoms with Gasteiger partial charge < -0.3 is 20.1 Å². The van der Waals surface area contributed by atoms with E-state index >= 15 is 0 Å². The number of urea groups is 1. The van der Waals surface area contributed by atoms with Crippen molar-refractivity contribution >= 4 is 41.1 Å². The monoisotopic (exact) mass is 465 g/mol. The Labute approximate surface area is 191 Å². The number of methoxy groups -OCH3 is 1. The number of carbonyl (C=O) groups is 4. The standard InChI is InChI=1S/C22H28ClN3O6/c1-13-8-21(2,3)12-22(9-13)19(29)26(20(30)25-22)10-18(28)32-11-17(27)24-15-7-14(23)5-6-16(15)31-4/h5-7,13H,8-12H2,1-4H3,(H,24,27)(H,25,30). The molecule has 2 unspecified atom stereocenters. The molecule has 2 N–H and O–H groups in total. The van der Waals surface area contributed by atoms with Crippen LogP contribution in [0.2, 0.25) is 5.02 Å². The maximum atomic E-state index is 13.1. The van der Waals surface area contributed by atoms with E-state index in [1.807, 2.05) is 6.92 Å². The molecule has 1 saturated carbocycles. The fourth-order valence-electron chi connectivity index (χ4n) is 4.93. The van der Waals surface area contributed by atoms with Crippen molar-refractivity contribution in [2.24, 2.45) is 11.3 Å². The van der Waals surface area contributed by atoms with Gasteiger partial charge in [-0.1, -0.05) is 32.4 Å². The Bertz CT molecular complexity index is 950. The minimum atomic E-state index is -1.00. The lowest BCUT2D eigenvalue weighted by atomic mass is 9.64. The number of nitrogens with zero attached hydrogens (tertiary/aromatic N) is 1. The van der Waals surface area contributed by atoms with Crippen molar-refractivity contribution in [3.63, 3.8) is 0 Å². The van der Waals surface area contributed by atoms with Gasteiger partial charge in [0, 0.05) is 5.02 Å². The summed E-state index contributed by atoms with van der Waals surface area (Å²) in [5, 5.41) is 5.74. The number of halogens is 1. The van der Waals surface area contributed by atoms with Crippen LogP contribution in [-0.2, 0) is 19.1 Å². The molecule has 2 fully saturated rings. The van der Waals surface area contributed by atoms with Gasteiger partial charge in [-0.25, -0.2) is 4.79 Å². The molecule has 174 valence electrons. The normalized spacial score (nSPS) is 24.3. The summed E-state index contributed by atoms with van der Waals surface area (Å²) in [5.41, 5.74) is -0.790. The van der Waals surface area contributed by atoms with Gasteiger partial charge in [0.1, 0.15) is 17.8 Å². The highest BCUT2D eigenvalue weighted by molar-refractivity contribution is 6.31. The molecule has 10 heteroatoms. The van der Waals surface area contributed by atoms with E-state index in [2.05, 4.69) is 24.5 Å². The van der Waals surface area contributed by atoms with Crippen molar-refractivity contribution in [2.45, 2.75) is 45.6 Å². The van der Waals surface area contributed by atoms with Gasteiger partial charge in [-0.05, 0) is 48.8 Å². The van der Waals surface area contributed by atoms with Crippen LogP contribution < -0.4 is 15.4 Å². The van der Waals surface area contributed by atoms with Crippen molar-refractivity contribution in [1.29, 1.82) is 0 Å². The molecule has 2 atom stereocenters. The second-order valence-corrected chi connectivity index (χ2v) is 9.75. The number of hydrogen-bond acceptors (Lipinski definition) is 6. The van der Waals surface area contributed by atoms with Crippen LogP contribution in [0.15, 0.2) is 18.2 Å². The smallest absolute Gasteiger partial charge is 0.326 e. The van der Waals surface area contributed by atoms with E-state index in [9.17, 15) is 19.2 Å². The van der Waals surface area contributed by atoms with Crippen LogP contribution in [0.1, 0.15) is 40.0 Å². The Morgan fingerprint density at radius 3 is 2.66 bits per heavy atom. The average Bonchev–Trinajstić information content (AvgIpc) is 2.88. The lowest BCUT2D eigenvalue weighted by Crippen LogP contribution is -2.54. The number of rotatable bonds is 6. The third-order valence-electron chi connectivity index (χ3n) is 5.71. The van der Waals surface area contributed by atoms with Gasteiger partial charge >= 0.3 is 12.0 Å². The largest absolute Gasteiger partial charge is 0.495 e. The zero-order chi connectivity index (χ0) is 23.7. The first kappa shape index (κ1) is 23.8. The Hall–Kier alpha value is -2.81. The Morgan fingerprint density at radius 1 is 1.28 bits per heavy atom. The molecule has 1 aromatic carbocycles. The molecule has 2 aliphatic rings. The van der Waals surface area contributed by atoms with E-state index in [1.54, 1.807) is 12.1 Å². The first-order chi connectivity index (χ1) is 14.9. The van der Waals surface area contributed by atoms with Crippen molar-refractivity contribution in [3.8, 4) is 5.75 Å². The fourth-order valence-corrected chi connectivity index (χ4v) is 5.11. The first-order valence-corrected chi connectivity index (χ1v) is 10.8. The number of esters is 1. The topological polar surface area (TPSA) is 114 Å². The molecule has 1 aliphatic heterocycles. The van der Waals surface area contributed by atoms with Gasteiger partial charge in [-0.15, -0.1) is 0 Å². The number of amides is 4. The Balaban J connectivity index is 1.57. The molecule has 9 nitrogen and oxygen atoms in total. The van der Waals surface area contributed by atoms with Gasteiger partial charge in [0.15, 0.2) is 6.61 Å². The second kappa shape index (κ2) is 8.97. The van der Waals surface area contributed by atoms with Crippen LogP contribution in [0.3, 0.4) is 0 Å². The van der Waals surface area contributed by atoms with Gasteiger partial charge in [0.25, 0.3) is 11.8 Å². The second-order valence-electron chi connectivity index (χ2n) is 9.31. The number of imide groups is 1. The van der Waals surface area contributed by atoms with Crippen molar-refractivity contribution in [3.05, 3.63) is 23.2 Å². The molecule has 1 saturated heterocycles. The van der Waals surface area contributed by atoms with E-state index in [0.717, 1.165) is 11.3 Å². The molecule has 0 radical (unpaired) electrons. The maximum Gasteiger partial charge on any atom is 0.326 e. The predicted molar refractivity (Wildman–Crippen MR) is 117 cm³/mol. The van der Waals surface area contributed by atoms with E-state index in [1.165, 1.54) is 13.2 Å². The van der Waals surface area contributed by atoms with E-state index in [-0.39, 0.29) is 11.3 Å². The van der Waals surface area contributed by atoms with E-state index < -0.39 is 42.5 Å². The highest BCUT2D eigenvalue weighted by Gasteiger charge is 2.56. The number of carbonyl (C=O) groups excluding carboxylic acids is 4. The minimum Gasteiger partial charge on any atom is -0.495 e. The first-order valence-electron chi connectivity index (χ1n) is 10.4. The van der Waals surface area contributed by atoms with Crippen molar-refractivity contribution in [1.82, 2.24) is 10.2 Å². The summed E-state index contributed by atoms with van der Waals surface area (Å²) in [6, 6.07) is 4.07. The quantitative estimate of drug-likeness (QED) is 0.493. The van der Waals surface area contributed by atoms with Crippen LogP contribution in [0.4, 0.5) is 10.5 Å². The lowest BCUT2D eigenvalue weighted by molar-refractivity contribution is -0.150. The molecule has 0 bridgehead atoms. The summed E-state index contributed by atoms with van der Waals surface area (Å²) < 4.78 is 10.1. The van der Waals surface area contributed by atoms with Crippen molar-refractivity contribution < 1.29 is 28.7 Å². The number of hydrogen-bond donors (Lipinski definition) is 2. The van der Waals surface area contributed by atoms with Gasteiger partial charge in [0.05, 0.1) is 12.8 Å². The zero-order valence-corrected chi connectivity index (χ0v) is 19.4. The third kappa shape index (κ3) is 5.15. The number of benzene rings is 1. The average molecular weight is 466 g/mol. The van der Waals surface area contributed by atoms with Crippen molar-refractivity contribution in [2.75, 3.05) is 25.6 Å². The highest BCUT2D eigenvalue weighted by atomic mass is 35.5. The highest BCUT2D eigenvalue weighted by Crippen LogP contribution is 2.46. The van der Waals surface area contributed by atoms with Gasteiger partial charge in [-0.3, -0.25) is 19.3 Å². The molecule has 3 rings (SSSR count). The number of anilines is 1. The molecule has 1 aliphatic carbocycles. The van der Waals surface area contributed by atoms with Gasteiger partial charge in [-0.2, -0.15) is 0 Å². The van der Waals surface area contributed by atoms with Crippen LogP contribution in [0.25, 0.3) is 0 Å². The summed E-state index contributed by atoms with van der Waals surface area (Å²) in [5.74, 6) is -1.25. The molecule has 1 heterocycles. The van der Waals surface area contributed by atoms with E-state index in [4.69, 9.17) is 21.1 Å². The van der Waals surface area contributed by atoms with Crippen LogP contribution in [-0.4, -0.2) is 54.5 Å². The number of nitrogens with one attached hydrogen (secondary N) is 2.